The number of alkyl halides is 3. The summed E-state index contributed by atoms with van der Waals surface area (Å²) in [6.07, 6.45) is 2.10. The van der Waals surface area contributed by atoms with Crippen LogP contribution in [-0.4, -0.2) is 71.9 Å². The lowest BCUT2D eigenvalue weighted by Gasteiger charge is -2.39. The molecule has 1 saturated heterocycles. The molecule has 4 heterocycles. The van der Waals surface area contributed by atoms with Gasteiger partial charge in [0.1, 0.15) is 17.6 Å². The Morgan fingerprint density at radius 1 is 1.26 bits per heavy atom. The number of aromatic nitrogens is 5. The van der Waals surface area contributed by atoms with Gasteiger partial charge < -0.3 is 20.7 Å². The van der Waals surface area contributed by atoms with E-state index in [9.17, 15) is 22.8 Å². The molecule has 0 aliphatic carbocycles. The van der Waals surface area contributed by atoms with Crippen LogP contribution in [0.5, 0.6) is 0 Å². The van der Waals surface area contributed by atoms with Gasteiger partial charge in [0.15, 0.2) is 5.65 Å². The highest BCUT2D eigenvalue weighted by molar-refractivity contribution is 6.00. The number of carboxylic acid groups (broad SMARTS) is 1. The monoisotopic (exact) mass is 533 g/mol. The van der Waals surface area contributed by atoms with Crippen LogP contribution in [0.2, 0.25) is 0 Å². The molecule has 1 aliphatic heterocycles. The number of fused-ring (bicyclic) bond motifs is 1. The van der Waals surface area contributed by atoms with Crippen molar-refractivity contribution >= 4 is 23.0 Å². The van der Waals surface area contributed by atoms with Crippen molar-refractivity contribution in [2.75, 3.05) is 13.1 Å². The Morgan fingerprint density at radius 2 is 1.92 bits per heavy atom. The first-order chi connectivity index (χ1) is 17.7. The van der Waals surface area contributed by atoms with Gasteiger partial charge in [0, 0.05) is 37.0 Å². The molecule has 0 bridgehead atoms. The highest BCUT2D eigenvalue weighted by Crippen LogP contribution is 2.26. The number of carboxylic acids is 1. The van der Waals surface area contributed by atoms with Gasteiger partial charge in [0.2, 0.25) is 5.91 Å². The number of aromatic amines is 1. The minimum atomic E-state index is -4.38. The molecule has 0 radical (unpaired) electrons. The van der Waals surface area contributed by atoms with Gasteiger partial charge in [-0.05, 0) is 18.3 Å². The zero-order valence-electron chi connectivity index (χ0n) is 21.1. The molecule has 0 saturated carbocycles. The van der Waals surface area contributed by atoms with Crippen LogP contribution in [0.3, 0.4) is 0 Å². The first-order valence-corrected chi connectivity index (χ1v) is 11.8. The van der Waals surface area contributed by atoms with Crippen molar-refractivity contribution in [2.24, 2.45) is 11.3 Å². The fourth-order valence-electron chi connectivity index (χ4n) is 3.74. The van der Waals surface area contributed by atoms with Crippen LogP contribution in [-0.2, 0) is 11.3 Å². The quantitative estimate of drug-likeness (QED) is 0.505. The third kappa shape index (κ3) is 7.06. The van der Waals surface area contributed by atoms with E-state index in [0.717, 1.165) is 17.5 Å². The minimum absolute atomic E-state index is 0.0629. The number of halogens is 3. The van der Waals surface area contributed by atoms with Gasteiger partial charge in [-0.25, -0.2) is 14.8 Å². The fraction of sp³-hybridized carbons (Fsp3) is 0.500. The minimum Gasteiger partial charge on any atom is -0.666 e. The molecule has 0 spiro atoms. The molecule has 1 amide bonds. The van der Waals surface area contributed by atoms with Gasteiger partial charge in [0.25, 0.3) is 0 Å². The zero-order chi connectivity index (χ0) is 28.3. The first kappa shape index (κ1) is 28.6. The van der Waals surface area contributed by atoms with Crippen LogP contribution < -0.4 is 0 Å². The summed E-state index contributed by atoms with van der Waals surface area (Å²) in [4.78, 5) is 35.6. The normalized spacial score (nSPS) is 15.5. The average Bonchev–Trinajstić information content (AvgIpc) is 3.48. The Kier molecular flexibility index (Phi) is 8.41. The van der Waals surface area contributed by atoms with Crippen molar-refractivity contribution in [3.63, 3.8) is 0 Å². The molecule has 0 unspecified atom stereocenters. The van der Waals surface area contributed by atoms with Crippen LogP contribution in [0.4, 0.5) is 13.2 Å². The number of piperidine rings is 1. The van der Waals surface area contributed by atoms with Crippen molar-refractivity contribution in [3.05, 3.63) is 36.1 Å². The highest BCUT2D eigenvalue weighted by atomic mass is 19.4. The van der Waals surface area contributed by atoms with E-state index in [2.05, 4.69) is 26.1 Å². The van der Waals surface area contributed by atoms with E-state index in [1.165, 1.54) is 24.8 Å². The van der Waals surface area contributed by atoms with Gasteiger partial charge in [0.05, 0.1) is 24.2 Å². The smallest absolute Gasteiger partial charge is 0.408 e. The molecule has 38 heavy (non-hydrogen) atoms. The molecular weight excluding hydrogens is 505 g/mol. The summed E-state index contributed by atoms with van der Waals surface area (Å²) < 4.78 is 37.6. The second kappa shape index (κ2) is 11.2. The fourth-order valence-corrected chi connectivity index (χ4v) is 3.74. The summed E-state index contributed by atoms with van der Waals surface area (Å²) in [5.74, 6) is -1.18. The van der Waals surface area contributed by atoms with E-state index in [1.54, 1.807) is 4.90 Å². The van der Waals surface area contributed by atoms with Crippen LogP contribution in [0.15, 0.2) is 24.8 Å². The number of nitrogens with zero attached hydrogens (tertiary/aromatic N) is 6. The number of carbonyl (C=O) groups excluding carboxylic acids is 1. The molecular formula is C24H28F3N8O3-. The van der Waals surface area contributed by atoms with Crippen LogP contribution in [0.1, 0.15) is 44.0 Å². The number of aromatic carboxylic acids is 1. The maximum atomic E-state index is 12.3. The molecule has 11 nitrogen and oxygen atoms in total. The standard InChI is InChI=1S/C12H8F3N5O2.C12H20N3O/c13-12(14,15)5-20-4-6(1-18-20)8-3-17-10-9(19-8)7(2-16-10)11(21)22;1-12(2,3)10(14)11(16)15-6-4-9(8-13)5-7-15/h1-4H,5H2,(H,16,17)(H,21,22);9-10,14H,4-7H2,1-3H3/q;-1/t;10-/m.0/s1. The van der Waals surface area contributed by atoms with E-state index in [4.69, 9.17) is 16.1 Å². The van der Waals surface area contributed by atoms with E-state index in [0.29, 0.717) is 18.7 Å². The number of hydrogen-bond donors (Lipinski definition) is 2. The van der Waals surface area contributed by atoms with Gasteiger partial charge in [-0.3, -0.25) is 9.48 Å². The number of rotatable bonds is 4. The van der Waals surface area contributed by atoms with E-state index < -0.39 is 24.7 Å². The maximum absolute atomic E-state index is 12.3. The molecule has 1 aliphatic rings. The average molecular weight is 534 g/mol. The molecule has 3 aromatic heterocycles. The topological polar surface area (TPSA) is 165 Å². The molecule has 1 fully saturated rings. The summed E-state index contributed by atoms with van der Waals surface area (Å²) in [5.41, 5.74) is 8.49. The first-order valence-electron chi connectivity index (χ1n) is 11.8. The number of nitrogens with one attached hydrogen (secondary N) is 2. The molecule has 204 valence electrons. The second-order valence-electron chi connectivity index (χ2n) is 10.0. The van der Waals surface area contributed by atoms with Crippen LogP contribution >= 0.6 is 0 Å². The molecule has 3 N–H and O–H groups in total. The Balaban J connectivity index is 0.000000223. The van der Waals surface area contributed by atoms with E-state index in [-0.39, 0.29) is 39.7 Å². The van der Waals surface area contributed by atoms with Crippen molar-refractivity contribution in [3.8, 4) is 17.3 Å². The van der Waals surface area contributed by atoms with E-state index in [1.807, 2.05) is 20.8 Å². The number of H-pyrrole nitrogens is 1. The molecule has 4 rings (SSSR count). The molecule has 0 aromatic carbocycles. The number of likely N-dealkylation sites (tertiary alicyclic amines) is 1. The number of nitriles is 1. The number of hydrogen-bond acceptors (Lipinski definition) is 6. The van der Waals surface area contributed by atoms with E-state index >= 15 is 0 Å². The number of carbonyl (C=O) groups is 2. The number of amides is 1. The second-order valence-corrected chi connectivity index (χ2v) is 10.0. The SMILES string of the molecule is CC(C)(C)[C@@H]([NH-])C(=O)N1CCC(C#N)CC1.O=C(O)c1c[nH]c2ncc(-c3cnn(CC(F)(F)F)c3)nc12. The summed E-state index contributed by atoms with van der Waals surface area (Å²) in [6.45, 7) is 5.76. The zero-order valence-corrected chi connectivity index (χ0v) is 21.1. The maximum Gasteiger partial charge on any atom is 0.408 e. The van der Waals surface area contributed by atoms with Gasteiger partial charge in [-0.1, -0.05) is 26.8 Å². The predicted molar refractivity (Wildman–Crippen MR) is 131 cm³/mol. The van der Waals surface area contributed by atoms with Crippen molar-refractivity contribution in [1.82, 2.24) is 29.6 Å². The Bertz CT molecular complexity index is 1330. The summed E-state index contributed by atoms with van der Waals surface area (Å²) in [6, 6.07) is 1.54. The molecule has 1 atom stereocenters. The van der Waals surface area contributed by atoms with Crippen LogP contribution in [0, 0.1) is 22.7 Å². The molecule has 3 aromatic rings. The predicted octanol–water partition coefficient (Wildman–Crippen LogP) is 4.30. The van der Waals surface area contributed by atoms with Crippen molar-refractivity contribution in [1.29, 1.82) is 5.26 Å². The third-order valence-corrected chi connectivity index (χ3v) is 5.98. The summed E-state index contributed by atoms with van der Waals surface area (Å²) >= 11 is 0. The Labute approximate surface area is 216 Å². The van der Waals surface area contributed by atoms with Gasteiger partial charge in [-0.15, -0.1) is 0 Å². The molecule has 14 heteroatoms. The summed E-state index contributed by atoms with van der Waals surface area (Å²) in [7, 11) is 0. The van der Waals surface area contributed by atoms with Crippen molar-refractivity contribution < 1.29 is 27.9 Å². The lowest BCUT2D eigenvalue weighted by molar-refractivity contribution is -0.142. The Hall–Kier alpha value is -3.99. The third-order valence-electron chi connectivity index (χ3n) is 5.98. The lowest BCUT2D eigenvalue weighted by atomic mass is 9.86. The van der Waals surface area contributed by atoms with Crippen molar-refractivity contribution in [2.45, 2.75) is 52.4 Å². The summed E-state index contributed by atoms with van der Waals surface area (Å²) in [5, 5.41) is 21.4. The lowest BCUT2D eigenvalue weighted by Crippen LogP contribution is -2.46. The van der Waals surface area contributed by atoms with Gasteiger partial charge in [-0.2, -0.15) is 23.5 Å². The van der Waals surface area contributed by atoms with Crippen LogP contribution in [0.25, 0.3) is 28.2 Å². The highest BCUT2D eigenvalue weighted by Gasteiger charge is 2.29. The van der Waals surface area contributed by atoms with Gasteiger partial charge >= 0.3 is 12.1 Å². The Morgan fingerprint density at radius 3 is 2.47 bits per heavy atom. The largest absolute Gasteiger partial charge is 0.666 e.